The fourth-order valence-electron chi connectivity index (χ4n) is 3.12. The monoisotopic (exact) mass is 368 g/mol. The van der Waals surface area contributed by atoms with Gasteiger partial charge in [0.15, 0.2) is 0 Å². The van der Waals surface area contributed by atoms with Crippen molar-refractivity contribution in [1.82, 2.24) is 10.3 Å². The highest BCUT2D eigenvalue weighted by Gasteiger charge is 2.13. The molecular formula is C21H25FN4O. The zero-order valence-corrected chi connectivity index (χ0v) is 15.2. The van der Waals surface area contributed by atoms with Crippen molar-refractivity contribution in [2.45, 2.75) is 25.3 Å². The van der Waals surface area contributed by atoms with Crippen molar-refractivity contribution in [3.05, 3.63) is 60.0 Å². The van der Waals surface area contributed by atoms with Gasteiger partial charge in [-0.15, -0.1) is 0 Å². The molecule has 5 nitrogen and oxygen atoms in total. The van der Waals surface area contributed by atoms with Crippen LogP contribution in [0.1, 0.15) is 29.8 Å². The molecule has 0 aliphatic rings. The highest BCUT2D eigenvalue weighted by molar-refractivity contribution is 6.02. The molecule has 3 aromatic rings. The minimum absolute atomic E-state index is 0.0837. The van der Waals surface area contributed by atoms with Crippen molar-refractivity contribution in [1.29, 1.82) is 0 Å². The number of fused-ring (bicyclic) bond motifs is 1. The van der Waals surface area contributed by atoms with E-state index in [-0.39, 0.29) is 17.8 Å². The van der Waals surface area contributed by atoms with E-state index in [1.54, 1.807) is 12.1 Å². The zero-order chi connectivity index (χ0) is 19.2. The third kappa shape index (κ3) is 4.72. The molecule has 0 aliphatic heterocycles. The van der Waals surface area contributed by atoms with Crippen LogP contribution in [0.25, 0.3) is 22.0 Å². The molecule has 0 aliphatic carbocycles. The number of hydrogen-bond acceptors (Lipinski definition) is 3. The van der Waals surface area contributed by atoms with Crippen molar-refractivity contribution >= 4 is 16.8 Å². The number of carbonyl (C=O) groups excluding carboxylic acids is 1. The van der Waals surface area contributed by atoms with Gasteiger partial charge in [-0.1, -0.05) is 36.8 Å². The summed E-state index contributed by atoms with van der Waals surface area (Å²) in [5, 5.41) is 3.80. The number of halogens is 1. The smallest absolute Gasteiger partial charge is 0.267 e. The van der Waals surface area contributed by atoms with Crippen molar-refractivity contribution in [3.8, 4) is 11.1 Å². The van der Waals surface area contributed by atoms with Gasteiger partial charge in [-0.05, 0) is 43.1 Å². The molecule has 0 radical (unpaired) electrons. The van der Waals surface area contributed by atoms with Crippen molar-refractivity contribution in [2.24, 2.45) is 11.5 Å². The Bertz CT molecular complexity index is 904. The molecule has 0 fully saturated rings. The molecule has 1 aromatic heterocycles. The summed E-state index contributed by atoms with van der Waals surface area (Å²) < 4.78 is 13.2. The Kier molecular flexibility index (Phi) is 6.21. The summed E-state index contributed by atoms with van der Waals surface area (Å²) in [5.74, 6) is -0.467. The molecule has 27 heavy (non-hydrogen) atoms. The first-order valence-electron chi connectivity index (χ1n) is 9.20. The van der Waals surface area contributed by atoms with E-state index in [1.807, 2.05) is 24.3 Å². The molecule has 0 spiro atoms. The van der Waals surface area contributed by atoms with Crippen LogP contribution in [-0.2, 0) is 0 Å². The van der Waals surface area contributed by atoms with Gasteiger partial charge in [0.1, 0.15) is 11.5 Å². The Morgan fingerprint density at radius 2 is 1.93 bits per heavy atom. The molecule has 1 amide bonds. The van der Waals surface area contributed by atoms with Crippen molar-refractivity contribution in [2.75, 3.05) is 13.1 Å². The lowest BCUT2D eigenvalue weighted by Gasteiger charge is -2.11. The van der Waals surface area contributed by atoms with Crippen LogP contribution in [0.5, 0.6) is 0 Å². The number of aromatic amines is 1. The molecular weight excluding hydrogens is 343 g/mol. The number of benzene rings is 2. The number of unbranched alkanes of at least 4 members (excludes halogenated alkanes) is 1. The molecule has 0 unspecified atom stereocenters. The molecule has 0 saturated carbocycles. The van der Waals surface area contributed by atoms with Crippen LogP contribution in [0.2, 0.25) is 0 Å². The summed E-state index contributed by atoms with van der Waals surface area (Å²) in [5.41, 5.74) is 14.6. The van der Waals surface area contributed by atoms with E-state index in [2.05, 4.69) is 10.3 Å². The average molecular weight is 368 g/mol. The van der Waals surface area contributed by atoms with E-state index in [0.717, 1.165) is 41.3 Å². The van der Waals surface area contributed by atoms with E-state index in [9.17, 15) is 9.18 Å². The van der Waals surface area contributed by atoms with E-state index < -0.39 is 0 Å². The lowest BCUT2D eigenvalue weighted by atomic mass is 10.0. The quantitative estimate of drug-likeness (QED) is 0.460. The molecule has 6 N–H and O–H groups in total. The zero-order valence-electron chi connectivity index (χ0n) is 15.2. The number of H-pyrrole nitrogens is 1. The van der Waals surface area contributed by atoms with Crippen LogP contribution in [0.4, 0.5) is 4.39 Å². The first-order valence-corrected chi connectivity index (χ1v) is 9.20. The topological polar surface area (TPSA) is 96.9 Å². The Hall–Kier alpha value is -2.70. The van der Waals surface area contributed by atoms with Crippen LogP contribution >= 0.6 is 0 Å². The van der Waals surface area contributed by atoms with Crippen LogP contribution in [-0.4, -0.2) is 30.0 Å². The highest BCUT2D eigenvalue weighted by Crippen LogP contribution is 2.28. The number of aromatic nitrogens is 1. The van der Waals surface area contributed by atoms with Crippen LogP contribution in [0.15, 0.2) is 48.5 Å². The number of rotatable bonds is 8. The number of para-hydroxylation sites is 1. The minimum Gasteiger partial charge on any atom is -0.350 e. The molecule has 6 heteroatoms. The molecule has 2 aromatic carbocycles. The van der Waals surface area contributed by atoms with E-state index >= 15 is 0 Å². The van der Waals surface area contributed by atoms with E-state index in [1.165, 1.54) is 12.1 Å². The maximum atomic E-state index is 13.2. The van der Waals surface area contributed by atoms with Gasteiger partial charge in [0.25, 0.3) is 5.91 Å². The molecule has 0 saturated heterocycles. The Morgan fingerprint density at radius 1 is 1.15 bits per heavy atom. The van der Waals surface area contributed by atoms with Gasteiger partial charge in [0.05, 0.1) is 5.52 Å². The average Bonchev–Trinajstić information content (AvgIpc) is 3.11. The molecule has 0 bridgehead atoms. The second-order valence-electron chi connectivity index (χ2n) is 6.71. The summed E-state index contributed by atoms with van der Waals surface area (Å²) >= 11 is 0. The summed E-state index contributed by atoms with van der Waals surface area (Å²) in [6.45, 7) is 1.08. The minimum atomic E-state index is -0.278. The molecule has 1 heterocycles. The standard InChI is InChI=1S/C21H25FN4O/c22-16-9-7-14(8-10-16)18-6-3-4-15-12-19(26-20(15)18)21(27)25-13-17(24)5-1-2-11-23/h3-4,6-10,12,17,26H,1-2,5,11,13,23-24H2,(H,25,27)/t17-/m0/s1. The predicted molar refractivity (Wildman–Crippen MR) is 107 cm³/mol. The van der Waals surface area contributed by atoms with Crippen molar-refractivity contribution in [3.63, 3.8) is 0 Å². The fourth-order valence-corrected chi connectivity index (χ4v) is 3.12. The number of hydrogen-bond donors (Lipinski definition) is 4. The fraction of sp³-hybridized carbons (Fsp3) is 0.286. The first kappa shape index (κ1) is 19.1. The third-order valence-corrected chi connectivity index (χ3v) is 4.61. The third-order valence-electron chi connectivity index (χ3n) is 4.61. The lowest BCUT2D eigenvalue weighted by Crippen LogP contribution is -2.37. The second-order valence-corrected chi connectivity index (χ2v) is 6.71. The first-order chi connectivity index (χ1) is 13.1. The summed E-state index contributed by atoms with van der Waals surface area (Å²) in [7, 11) is 0. The van der Waals surface area contributed by atoms with Gasteiger partial charge in [0, 0.05) is 23.5 Å². The van der Waals surface area contributed by atoms with Crippen molar-refractivity contribution < 1.29 is 9.18 Å². The summed E-state index contributed by atoms with van der Waals surface area (Å²) in [6.07, 6.45) is 2.73. The Labute approximate surface area is 157 Å². The van der Waals surface area contributed by atoms with Gasteiger partial charge < -0.3 is 21.8 Å². The molecule has 142 valence electrons. The molecule has 3 rings (SSSR count). The largest absolute Gasteiger partial charge is 0.350 e. The molecule has 1 atom stereocenters. The van der Waals surface area contributed by atoms with Gasteiger partial charge >= 0.3 is 0 Å². The van der Waals surface area contributed by atoms with E-state index in [0.29, 0.717) is 18.8 Å². The van der Waals surface area contributed by atoms with Crippen LogP contribution in [0.3, 0.4) is 0 Å². The van der Waals surface area contributed by atoms with Gasteiger partial charge in [-0.3, -0.25) is 4.79 Å². The second kappa shape index (κ2) is 8.79. The summed E-state index contributed by atoms with van der Waals surface area (Å²) in [4.78, 5) is 15.7. The number of amides is 1. The number of nitrogens with one attached hydrogen (secondary N) is 2. The maximum absolute atomic E-state index is 13.2. The maximum Gasteiger partial charge on any atom is 0.267 e. The lowest BCUT2D eigenvalue weighted by molar-refractivity contribution is 0.0946. The number of nitrogens with two attached hydrogens (primary N) is 2. The van der Waals surface area contributed by atoms with Crippen LogP contribution in [0, 0.1) is 5.82 Å². The van der Waals surface area contributed by atoms with Gasteiger partial charge in [0.2, 0.25) is 0 Å². The normalized spacial score (nSPS) is 12.3. The highest BCUT2D eigenvalue weighted by atomic mass is 19.1. The van der Waals surface area contributed by atoms with Crippen LogP contribution < -0.4 is 16.8 Å². The summed E-state index contributed by atoms with van der Waals surface area (Å²) in [6, 6.07) is 13.8. The SMILES string of the molecule is NCCCC[C@H](N)CNC(=O)c1cc2cccc(-c3ccc(F)cc3)c2[nH]1. The Balaban J connectivity index is 1.73. The predicted octanol–water partition coefficient (Wildman–Crippen LogP) is 3.16. The van der Waals surface area contributed by atoms with Gasteiger partial charge in [-0.25, -0.2) is 4.39 Å². The van der Waals surface area contributed by atoms with E-state index in [4.69, 9.17) is 11.5 Å². The van der Waals surface area contributed by atoms with Gasteiger partial charge in [-0.2, -0.15) is 0 Å². The Morgan fingerprint density at radius 3 is 2.67 bits per heavy atom. The number of carbonyl (C=O) groups is 1.